The van der Waals surface area contributed by atoms with E-state index in [0.717, 1.165) is 45.8 Å². The summed E-state index contributed by atoms with van der Waals surface area (Å²) in [6.45, 7) is 2.07. The molecule has 0 aliphatic carbocycles. The van der Waals surface area contributed by atoms with Gasteiger partial charge in [0.05, 0.1) is 19.9 Å². The van der Waals surface area contributed by atoms with E-state index in [4.69, 9.17) is 14.5 Å². The summed E-state index contributed by atoms with van der Waals surface area (Å²) in [5.41, 5.74) is 4.56. The summed E-state index contributed by atoms with van der Waals surface area (Å²) in [6.07, 6.45) is 0.839. The highest BCUT2D eigenvalue weighted by Crippen LogP contribution is 2.30. The maximum atomic E-state index is 5.44. The highest BCUT2D eigenvalue weighted by Gasteiger charge is 2.11. The van der Waals surface area contributed by atoms with Gasteiger partial charge in [0.15, 0.2) is 5.16 Å². The van der Waals surface area contributed by atoms with E-state index in [1.54, 1.807) is 26.0 Å². The van der Waals surface area contributed by atoms with E-state index in [1.165, 1.54) is 5.56 Å². The van der Waals surface area contributed by atoms with Crippen molar-refractivity contribution >= 4 is 11.8 Å². The van der Waals surface area contributed by atoms with Crippen molar-refractivity contribution in [1.82, 2.24) is 9.97 Å². The molecule has 1 N–H and O–H groups in total. The number of methoxy groups -OCH3 is 2. The SMILES string of the molecule is COc1ccc(OC)c(CSc2nc(Cc3ccccc3)c(C)[nH]2)c1. The van der Waals surface area contributed by atoms with E-state index in [1.807, 2.05) is 24.3 Å². The van der Waals surface area contributed by atoms with E-state index in [2.05, 4.69) is 36.2 Å². The zero-order valence-corrected chi connectivity index (χ0v) is 15.5. The average Bonchev–Trinajstić information content (AvgIpc) is 3.00. The van der Waals surface area contributed by atoms with Crippen LogP contribution in [0, 0.1) is 6.92 Å². The van der Waals surface area contributed by atoms with Crippen LogP contribution in [0.25, 0.3) is 0 Å². The van der Waals surface area contributed by atoms with Crippen LogP contribution in [0.2, 0.25) is 0 Å². The Hall–Kier alpha value is -2.40. The molecule has 3 aromatic rings. The van der Waals surface area contributed by atoms with Gasteiger partial charge in [-0.05, 0) is 30.7 Å². The van der Waals surface area contributed by atoms with Gasteiger partial charge in [0.25, 0.3) is 0 Å². The van der Waals surface area contributed by atoms with Gasteiger partial charge in [0.2, 0.25) is 0 Å². The quantitative estimate of drug-likeness (QED) is 0.629. The zero-order valence-electron chi connectivity index (χ0n) is 14.7. The molecule has 0 spiro atoms. The van der Waals surface area contributed by atoms with Gasteiger partial charge in [-0.1, -0.05) is 42.1 Å². The maximum absolute atomic E-state index is 5.44. The van der Waals surface area contributed by atoms with Gasteiger partial charge in [0.1, 0.15) is 11.5 Å². The Bertz CT molecular complexity index is 831. The predicted octanol–water partition coefficient (Wildman–Crippen LogP) is 4.62. The molecule has 5 heteroatoms. The number of hydrogen-bond acceptors (Lipinski definition) is 4. The van der Waals surface area contributed by atoms with E-state index in [0.29, 0.717) is 0 Å². The number of aryl methyl sites for hydroxylation is 1. The molecule has 0 unspecified atom stereocenters. The van der Waals surface area contributed by atoms with Gasteiger partial charge >= 0.3 is 0 Å². The minimum atomic E-state index is 0.762. The Kier molecular flexibility index (Phi) is 5.66. The lowest BCUT2D eigenvalue weighted by atomic mass is 10.1. The normalized spacial score (nSPS) is 10.7. The van der Waals surface area contributed by atoms with Gasteiger partial charge in [-0.15, -0.1) is 0 Å². The van der Waals surface area contributed by atoms with E-state index in [9.17, 15) is 0 Å². The molecule has 130 valence electrons. The fourth-order valence-corrected chi connectivity index (χ4v) is 3.56. The molecule has 2 aromatic carbocycles. The van der Waals surface area contributed by atoms with Crippen molar-refractivity contribution in [2.75, 3.05) is 14.2 Å². The Morgan fingerprint density at radius 1 is 1.04 bits per heavy atom. The number of rotatable bonds is 7. The summed E-state index contributed by atoms with van der Waals surface area (Å²) >= 11 is 1.67. The van der Waals surface area contributed by atoms with Crippen LogP contribution in [0.3, 0.4) is 0 Å². The van der Waals surface area contributed by atoms with Crippen molar-refractivity contribution in [2.45, 2.75) is 24.3 Å². The highest BCUT2D eigenvalue weighted by molar-refractivity contribution is 7.98. The minimum absolute atomic E-state index is 0.762. The molecule has 0 bridgehead atoms. The number of aromatic nitrogens is 2. The molecule has 3 rings (SSSR count). The Morgan fingerprint density at radius 3 is 2.56 bits per heavy atom. The third-order valence-corrected chi connectivity index (χ3v) is 4.95. The summed E-state index contributed by atoms with van der Waals surface area (Å²) in [5, 5.41) is 0.924. The predicted molar refractivity (Wildman–Crippen MR) is 102 cm³/mol. The van der Waals surface area contributed by atoms with Crippen LogP contribution in [-0.4, -0.2) is 24.2 Å². The molecular weight excluding hydrogens is 332 g/mol. The first-order chi connectivity index (χ1) is 12.2. The molecule has 0 aliphatic heterocycles. The molecule has 1 aromatic heterocycles. The van der Waals surface area contributed by atoms with Gasteiger partial charge in [-0.3, -0.25) is 0 Å². The smallest absolute Gasteiger partial charge is 0.166 e. The first-order valence-corrected chi connectivity index (χ1v) is 9.11. The van der Waals surface area contributed by atoms with Gasteiger partial charge < -0.3 is 14.5 Å². The van der Waals surface area contributed by atoms with E-state index in [-0.39, 0.29) is 0 Å². The number of H-pyrrole nitrogens is 1. The number of nitrogens with zero attached hydrogens (tertiary/aromatic N) is 1. The Balaban J connectivity index is 1.71. The van der Waals surface area contributed by atoms with Crippen molar-refractivity contribution in [3.63, 3.8) is 0 Å². The van der Waals surface area contributed by atoms with Crippen LogP contribution in [-0.2, 0) is 12.2 Å². The largest absolute Gasteiger partial charge is 0.497 e. The van der Waals surface area contributed by atoms with Crippen molar-refractivity contribution in [2.24, 2.45) is 0 Å². The van der Waals surface area contributed by atoms with E-state index >= 15 is 0 Å². The highest BCUT2D eigenvalue weighted by atomic mass is 32.2. The molecule has 4 nitrogen and oxygen atoms in total. The number of aromatic amines is 1. The van der Waals surface area contributed by atoms with Gasteiger partial charge in [-0.25, -0.2) is 4.98 Å². The standard InChI is InChI=1S/C20H22N2O2S/c1-14-18(11-15-7-5-4-6-8-15)22-20(21-14)25-13-16-12-17(23-2)9-10-19(16)24-3/h4-10,12H,11,13H2,1-3H3,(H,21,22). The summed E-state index contributed by atoms with van der Waals surface area (Å²) in [4.78, 5) is 8.13. The molecule has 0 saturated carbocycles. The lowest BCUT2D eigenvalue weighted by molar-refractivity contribution is 0.400. The third kappa shape index (κ3) is 4.37. The van der Waals surface area contributed by atoms with Crippen molar-refractivity contribution in [1.29, 1.82) is 0 Å². The fourth-order valence-electron chi connectivity index (χ4n) is 2.64. The number of hydrogen-bond donors (Lipinski definition) is 1. The van der Waals surface area contributed by atoms with E-state index < -0.39 is 0 Å². The lowest BCUT2D eigenvalue weighted by Crippen LogP contribution is -1.93. The molecule has 0 saturated heterocycles. The summed E-state index contributed by atoms with van der Waals surface area (Å²) in [6, 6.07) is 16.2. The number of nitrogens with one attached hydrogen (secondary N) is 1. The summed E-state index contributed by atoms with van der Waals surface area (Å²) < 4.78 is 10.7. The van der Waals surface area contributed by atoms with Crippen LogP contribution in [0.5, 0.6) is 11.5 Å². The minimum Gasteiger partial charge on any atom is -0.497 e. The zero-order chi connectivity index (χ0) is 17.6. The van der Waals surface area contributed by atoms with Crippen LogP contribution in [0.1, 0.15) is 22.5 Å². The van der Waals surface area contributed by atoms with Crippen LogP contribution in [0.15, 0.2) is 53.7 Å². The number of ether oxygens (including phenoxy) is 2. The molecule has 0 amide bonds. The third-order valence-electron chi connectivity index (χ3n) is 4.03. The second kappa shape index (κ2) is 8.12. The fraction of sp³-hybridized carbons (Fsp3) is 0.250. The molecular formula is C20H22N2O2S. The summed E-state index contributed by atoms with van der Waals surface area (Å²) in [5.74, 6) is 2.45. The van der Waals surface area contributed by atoms with Crippen LogP contribution in [0.4, 0.5) is 0 Å². The number of benzene rings is 2. The second-order valence-electron chi connectivity index (χ2n) is 5.74. The van der Waals surface area contributed by atoms with Crippen molar-refractivity contribution < 1.29 is 9.47 Å². The van der Waals surface area contributed by atoms with Crippen molar-refractivity contribution in [3.05, 3.63) is 71.0 Å². The monoisotopic (exact) mass is 354 g/mol. The average molecular weight is 354 g/mol. The van der Waals surface area contributed by atoms with Crippen LogP contribution < -0.4 is 9.47 Å². The first-order valence-electron chi connectivity index (χ1n) is 8.12. The number of imidazole rings is 1. The molecule has 0 fully saturated rings. The molecule has 0 atom stereocenters. The second-order valence-corrected chi connectivity index (χ2v) is 6.71. The molecule has 1 heterocycles. The summed E-state index contributed by atoms with van der Waals surface area (Å²) in [7, 11) is 3.36. The first kappa shape index (κ1) is 17.4. The maximum Gasteiger partial charge on any atom is 0.166 e. The van der Waals surface area contributed by atoms with Crippen molar-refractivity contribution in [3.8, 4) is 11.5 Å². The van der Waals surface area contributed by atoms with Gasteiger partial charge in [-0.2, -0.15) is 0 Å². The topological polar surface area (TPSA) is 47.1 Å². The lowest BCUT2D eigenvalue weighted by Gasteiger charge is -2.09. The Morgan fingerprint density at radius 2 is 1.84 bits per heavy atom. The molecule has 0 radical (unpaired) electrons. The van der Waals surface area contributed by atoms with Gasteiger partial charge in [0, 0.05) is 23.4 Å². The Labute approximate surface area is 152 Å². The molecule has 25 heavy (non-hydrogen) atoms. The van der Waals surface area contributed by atoms with Crippen LogP contribution >= 0.6 is 11.8 Å². The molecule has 0 aliphatic rings. The number of thioether (sulfide) groups is 1.